The normalized spacial score (nSPS) is 18.8. The second-order valence-corrected chi connectivity index (χ2v) is 7.13. The zero-order chi connectivity index (χ0) is 18.5. The summed E-state index contributed by atoms with van der Waals surface area (Å²) >= 11 is 0. The van der Waals surface area contributed by atoms with Gasteiger partial charge in [0, 0.05) is 44.6 Å². The molecule has 8 nitrogen and oxygen atoms in total. The van der Waals surface area contributed by atoms with Crippen molar-refractivity contribution in [3.8, 4) is 0 Å². The molecule has 2 amide bonds. The Hall–Kier alpha value is -2.45. The Balaban J connectivity index is 1.36. The lowest BCUT2D eigenvalue weighted by Gasteiger charge is -2.34. The quantitative estimate of drug-likeness (QED) is 0.777. The molecule has 0 unspecified atom stereocenters. The standard InChI is InChI=1S/C19H26N6O2/c26-19(23-18-5-7-22-25(18)14-15-3-4-15)21-13-17(16-2-1-6-20-12-16)24-8-10-27-11-9-24/h1-2,5-7,12,15,17H,3-4,8-11,13-14H2,(H2,21,23,26)/t17-/m1/s1. The third-order valence-electron chi connectivity index (χ3n) is 5.10. The van der Waals surface area contributed by atoms with Gasteiger partial charge in [-0.2, -0.15) is 5.10 Å². The molecule has 2 N–H and O–H groups in total. The largest absolute Gasteiger partial charge is 0.379 e. The molecule has 27 heavy (non-hydrogen) atoms. The van der Waals surface area contributed by atoms with Gasteiger partial charge in [-0.15, -0.1) is 0 Å². The molecule has 0 bridgehead atoms. The van der Waals surface area contributed by atoms with Crippen LogP contribution in [-0.4, -0.2) is 58.5 Å². The van der Waals surface area contributed by atoms with Gasteiger partial charge < -0.3 is 10.1 Å². The van der Waals surface area contributed by atoms with Gasteiger partial charge in [0.15, 0.2) is 0 Å². The molecular weight excluding hydrogens is 344 g/mol. The Labute approximate surface area is 158 Å². The third-order valence-corrected chi connectivity index (χ3v) is 5.10. The molecule has 1 saturated heterocycles. The first-order valence-corrected chi connectivity index (χ1v) is 9.58. The number of urea groups is 1. The van der Waals surface area contributed by atoms with Gasteiger partial charge in [0.2, 0.25) is 0 Å². The first-order valence-electron chi connectivity index (χ1n) is 9.58. The molecule has 1 saturated carbocycles. The maximum absolute atomic E-state index is 12.5. The van der Waals surface area contributed by atoms with Crippen molar-refractivity contribution in [2.45, 2.75) is 25.4 Å². The zero-order valence-corrected chi connectivity index (χ0v) is 15.4. The zero-order valence-electron chi connectivity index (χ0n) is 15.4. The minimum atomic E-state index is -0.213. The Morgan fingerprint density at radius 2 is 2.11 bits per heavy atom. The highest BCUT2D eigenvalue weighted by Crippen LogP contribution is 2.31. The molecular formula is C19H26N6O2. The van der Waals surface area contributed by atoms with E-state index in [1.807, 2.05) is 23.0 Å². The van der Waals surface area contributed by atoms with Crippen LogP contribution in [0.4, 0.5) is 10.6 Å². The number of aromatic nitrogens is 3. The van der Waals surface area contributed by atoms with Crippen molar-refractivity contribution >= 4 is 11.8 Å². The molecule has 4 rings (SSSR count). The van der Waals surface area contributed by atoms with Crippen LogP contribution >= 0.6 is 0 Å². The molecule has 144 valence electrons. The van der Waals surface area contributed by atoms with Crippen molar-refractivity contribution in [3.63, 3.8) is 0 Å². The summed E-state index contributed by atoms with van der Waals surface area (Å²) in [7, 11) is 0. The molecule has 0 spiro atoms. The first kappa shape index (κ1) is 17.9. The lowest BCUT2D eigenvalue weighted by atomic mass is 10.1. The minimum Gasteiger partial charge on any atom is -0.379 e. The fraction of sp³-hybridized carbons (Fsp3) is 0.526. The number of amides is 2. The molecule has 1 aliphatic carbocycles. The number of rotatable bonds is 7. The van der Waals surface area contributed by atoms with Crippen molar-refractivity contribution in [2.24, 2.45) is 5.92 Å². The van der Waals surface area contributed by atoms with Crippen LogP contribution in [0.2, 0.25) is 0 Å². The number of ether oxygens (including phenoxy) is 1. The van der Waals surface area contributed by atoms with Crippen molar-refractivity contribution in [3.05, 3.63) is 42.4 Å². The summed E-state index contributed by atoms with van der Waals surface area (Å²) in [6.07, 6.45) is 7.85. The second-order valence-electron chi connectivity index (χ2n) is 7.13. The summed E-state index contributed by atoms with van der Waals surface area (Å²) in [5, 5.41) is 10.2. The average molecular weight is 370 g/mol. The summed E-state index contributed by atoms with van der Waals surface area (Å²) in [5.74, 6) is 1.44. The highest BCUT2D eigenvalue weighted by molar-refractivity contribution is 5.88. The van der Waals surface area contributed by atoms with Gasteiger partial charge in [0.1, 0.15) is 5.82 Å². The van der Waals surface area contributed by atoms with E-state index in [0.29, 0.717) is 25.7 Å². The van der Waals surface area contributed by atoms with Crippen molar-refractivity contribution < 1.29 is 9.53 Å². The maximum Gasteiger partial charge on any atom is 0.320 e. The maximum atomic E-state index is 12.5. The Kier molecular flexibility index (Phi) is 5.64. The fourth-order valence-corrected chi connectivity index (χ4v) is 3.40. The molecule has 2 aliphatic rings. The van der Waals surface area contributed by atoms with Gasteiger partial charge in [0.05, 0.1) is 25.5 Å². The summed E-state index contributed by atoms with van der Waals surface area (Å²) in [5.41, 5.74) is 1.10. The number of pyridine rings is 1. The van der Waals surface area contributed by atoms with E-state index in [1.165, 1.54) is 12.8 Å². The van der Waals surface area contributed by atoms with Crippen LogP contribution in [0.1, 0.15) is 24.4 Å². The van der Waals surface area contributed by atoms with Crippen molar-refractivity contribution in [1.82, 2.24) is 25.0 Å². The van der Waals surface area contributed by atoms with E-state index in [1.54, 1.807) is 12.4 Å². The van der Waals surface area contributed by atoms with Gasteiger partial charge >= 0.3 is 6.03 Å². The van der Waals surface area contributed by atoms with Gasteiger partial charge in [0.25, 0.3) is 0 Å². The van der Waals surface area contributed by atoms with E-state index >= 15 is 0 Å². The minimum absolute atomic E-state index is 0.0738. The highest BCUT2D eigenvalue weighted by atomic mass is 16.5. The summed E-state index contributed by atoms with van der Waals surface area (Å²) in [4.78, 5) is 19.0. The predicted molar refractivity (Wildman–Crippen MR) is 101 cm³/mol. The lowest BCUT2D eigenvalue weighted by Crippen LogP contribution is -2.44. The Morgan fingerprint density at radius 1 is 1.26 bits per heavy atom. The van der Waals surface area contributed by atoms with Crippen LogP contribution in [0.25, 0.3) is 0 Å². The summed E-state index contributed by atoms with van der Waals surface area (Å²) < 4.78 is 7.34. The molecule has 2 aromatic rings. The van der Waals surface area contributed by atoms with E-state index in [9.17, 15) is 4.79 Å². The molecule has 3 heterocycles. The molecule has 1 atom stereocenters. The summed E-state index contributed by atoms with van der Waals surface area (Å²) in [6, 6.07) is 5.68. The molecule has 0 aromatic carbocycles. The Morgan fingerprint density at radius 3 is 2.85 bits per heavy atom. The number of carbonyl (C=O) groups excluding carboxylic acids is 1. The van der Waals surface area contributed by atoms with Crippen molar-refractivity contribution in [2.75, 3.05) is 38.2 Å². The topological polar surface area (TPSA) is 84.3 Å². The molecule has 1 aliphatic heterocycles. The van der Waals surface area contributed by atoms with Gasteiger partial charge in [-0.1, -0.05) is 6.07 Å². The number of carbonyl (C=O) groups is 1. The molecule has 2 fully saturated rings. The van der Waals surface area contributed by atoms with E-state index in [2.05, 4.69) is 31.7 Å². The monoisotopic (exact) mass is 370 g/mol. The van der Waals surface area contributed by atoms with Gasteiger partial charge in [-0.3, -0.25) is 15.2 Å². The van der Waals surface area contributed by atoms with Crippen LogP contribution in [0.15, 0.2) is 36.8 Å². The number of hydrogen-bond acceptors (Lipinski definition) is 5. The number of morpholine rings is 1. The number of nitrogens with zero attached hydrogens (tertiary/aromatic N) is 4. The lowest BCUT2D eigenvalue weighted by molar-refractivity contribution is 0.0167. The fourth-order valence-electron chi connectivity index (χ4n) is 3.40. The van der Waals surface area contributed by atoms with E-state index in [-0.39, 0.29) is 12.1 Å². The smallest absolute Gasteiger partial charge is 0.320 e. The number of anilines is 1. The van der Waals surface area contributed by atoms with Gasteiger partial charge in [-0.05, 0) is 30.4 Å². The molecule has 0 radical (unpaired) electrons. The first-order chi connectivity index (χ1) is 13.3. The highest BCUT2D eigenvalue weighted by Gasteiger charge is 2.25. The summed E-state index contributed by atoms with van der Waals surface area (Å²) in [6.45, 7) is 4.49. The predicted octanol–water partition coefficient (Wildman–Crippen LogP) is 1.88. The number of hydrogen-bond donors (Lipinski definition) is 2. The van der Waals surface area contributed by atoms with E-state index < -0.39 is 0 Å². The van der Waals surface area contributed by atoms with E-state index in [0.717, 1.165) is 31.0 Å². The van der Waals surface area contributed by atoms with Crippen molar-refractivity contribution in [1.29, 1.82) is 0 Å². The SMILES string of the molecule is O=C(NC[C@H](c1cccnc1)N1CCOCC1)Nc1ccnn1CC1CC1. The van der Waals surface area contributed by atoms with Crippen LogP contribution in [-0.2, 0) is 11.3 Å². The second kappa shape index (κ2) is 8.49. The van der Waals surface area contributed by atoms with Gasteiger partial charge in [-0.25, -0.2) is 9.48 Å². The number of nitrogens with one attached hydrogen (secondary N) is 2. The Bertz CT molecular complexity index is 740. The molecule has 8 heteroatoms. The van der Waals surface area contributed by atoms with E-state index in [4.69, 9.17) is 4.74 Å². The van der Waals surface area contributed by atoms with Crippen LogP contribution in [0, 0.1) is 5.92 Å². The average Bonchev–Trinajstić information content (AvgIpc) is 3.42. The van der Waals surface area contributed by atoms with Crippen LogP contribution in [0.5, 0.6) is 0 Å². The molecule has 2 aromatic heterocycles. The third kappa shape index (κ3) is 4.84. The van der Waals surface area contributed by atoms with Crippen LogP contribution in [0.3, 0.4) is 0 Å². The van der Waals surface area contributed by atoms with Crippen LogP contribution < -0.4 is 10.6 Å².